The van der Waals surface area contributed by atoms with Crippen molar-refractivity contribution in [3.8, 4) is 0 Å². The maximum Gasteiger partial charge on any atom is 0.228 e. The molecule has 0 saturated heterocycles. The van der Waals surface area contributed by atoms with Crippen molar-refractivity contribution in [2.75, 3.05) is 19.6 Å². The fourth-order valence-corrected chi connectivity index (χ4v) is 2.85. The van der Waals surface area contributed by atoms with Crippen LogP contribution in [-0.4, -0.2) is 30.4 Å². The average Bonchev–Trinajstić information content (AvgIpc) is 2.76. The molecule has 0 heterocycles. The van der Waals surface area contributed by atoms with E-state index in [9.17, 15) is 4.79 Å². The second-order valence-corrected chi connectivity index (χ2v) is 6.86. The van der Waals surface area contributed by atoms with Gasteiger partial charge in [0.2, 0.25) is 5.91 Å². The molecule has 1 fully saturated rings. The molecule has 0 aromatic rings. The highest BCUT2D eigenvalue weighted by atomic mass is 16.2. The molecule has 2 N–H and O–H groups in total. The van der Waals surface area contributed by atoms with E-state index in [1.54, 1.807) is 0 Å². The van der Waals surface area contributed by atoms with Crippen molar-refractivity contribution in [1.29, 1.82) is 0 Å². The zero-order valence-electron chi connectivity index (χ0n) is 12.6. The Morgan fingerprint density at radius 2 is 1.89 bits per heavy atom. The normalized spacial score (nSPS) is 18.9. The van der Waals surface area contributed by atoms with Gasteiger partial charge in [0, 0.05) is 18.5 Å². The van der Waals surface area contributed by atoms with Gasteiger partial charge in [-0.25, -0.2) is 0 Å². The van der Waals surface area contributed by atoms with E-state index in [1.807, 2.05) is 0 Å². The number of hydrogen-bond donors (Lipinski definition) is 1. The van der Waals surface area contributed by atoms with E-state index < -0.39 is 0 Å². The van der Waals surface area contributed by atoms with Crippen molar-refractivity contribution >= 4 is 5.91 Å². The maximum absolute atomic E-state index is 12.7. The first-order valence-electron chi connectivity index (χ1n) is 7.34. The van der Waals surface area contributed by atoms with Crippen LogP contribution in [0.5, 0.6) is 0 Å². The van der Waals surface area contributed by atoms with Crippen LogP contribution in [0.15, 0.2) is 0 Å². The number of rotatable bonds is 6. The fourth-order valence-electron chi connectivity index (χ4n) is 2.85. The molecule has 0 unspecified atom stereocenters. The molecule has 0 radical (unpaired) electrons. The fraction of sp³-hybridized carbons (Fsp3) is 0.933. The molecule has 0 spiro atoms. The van der Waals surface area contributed by atoms with E-state index in [-0.39, 0.29) is 10.8 Å². The molecule has 1 amide bonds. The van der Waals surface area contributed by atoms with Crippen molar-refractivity contribution in [2.24, 2.45) is 16.6 Å². The van der Waals surface area contributed by atoms with Gasteiger partial charge >= 0.3 is 0 Å². The first-order valence-corrected chi connectivity index (χ1v) is 7.34. The molecule has 106 valence electrons. The van der Waals surface area contributed by atoms with E-state index in [2.05, 4.69) is 32.6 Å². The summed E-state index contributed by atoms with van der Waals surface area (Å²) in [5.41, 5.74) is 5.70. The van der Waals surface area contributed by atoms with E-state index >= 15 is 0 Å². The van der Waals surface area contributed by atoms with Gasteiger partial charge in [0.15, 0.2) is 0 Å². The largest absolute Gasteiger partial charge is 0.342 e. The van der Waals surface area contributed by atoms with Gasteiger partial charge in [-0.15, -0.1) is 0 Å². The summed E-state index contributed by atoms with van der Waals surface area (Å²) < 4.78 is 0. The minimum Gasteiger partial charge on any atom is -0.342 e. The quantitative estimate of drug-likeness (QED) is 0.792. The Labute approximate surface area is 112 Å². The first kappa shape index (κ1) is 15.5. The van der Waals surface area contributed by atoms with Crippen LogP contribution >= 0.6 is 0 Å². The van der Waals surface area contributed by atoms with Gasteiger partial charge in [-0.2, -0.15) is 0 Å². The number of hydrogen-bond acceptors (Lipinski definition) is 2. The summed E-state index contributed by atoms with van der Waals surface area (Å²) >= 11 is 0. The van der Waals surface area contributed by atoms with Crippen LogP contribution in [0.1, 0.15) is 59.8 Å². The Hall–Kier alpha value is -0.570. The predicted octanol–water partition coefficient (Wildman–Crippen LogP) is 2.79. The van der Waals surface area contributed by atoms with Crippen LogP contribution in [0, 0.1) is 10.8 Å². The molecule has 3 heteroatoms. The number of carbonyl (C=O) groups is 1. The smallest absolute Gasteiger partial charge is 0.228 e. The lowest BCUT2D eigenvalue weighted by molar-refractivity contribution is -0.142. The standard InChI is InChI=1S/C15H30N2O/c1-5-10-17(12-14(2,3)11-16)13(18)15(4)8-6-7-9-15/h5-12,16H2,1-4H3. The highest BCUT2D eigenvalue weighted by Crippen LogP contribution is 2.39. The van der Waals surface area contributed by atoms with E-state index in [4.69, 9.17) is 5.73 Å². The van der Waals surface area contributed by atoms with Crippen molar-refractivity contribution in [2.45, 2.75) is 59.8 Å². The molecule has 1 aliphatic rings. The van der Waals surface area contributed by atoms with Crippen molar-refractivity contribution < 1.29 is 4.79 Å². The molecule has 1 aliphatic carbocycles. The molecule has 3 nitrogen and oxygen atoms in total. The Balaban J connectivity index is 2.74. The minimum absolute atomic E-state index is 0.0137. The summed E-state index contributed by atoms with van der Waals surface area (Å²) in [5, 5.41) is 0. The van der Waals surface area contributed by atoms with Gasteiger partial charge in [0.25, 0.3) is 0 Å². The summed E-state index contributed by atoms with van der Waals surface area (Å²) in [5.74, 6) is 0.350. The van der Waals surface area contributed by atoms with Gasteiger partial charge in [-0.1, -0.05) is 40.5 Å². The third-order valence-corrected chi connectivity index (χ3v) is 4.18. The minimum atomic E-state index is -0.111. The lowest BCUT2D eigenvalue weighted by Crippen LogP contribution is -2.47. The molecule has 0 aromatic carbocycles. The SMILES string of the molecule is CCCN(CC(C)(C)CN)C(=O)C1(C)CCCC1. The summed E-state index contributed by atoms with van der Waals surface area (Å²) in [6.45, 7) is 10.8. The molecule has 0 aromatic heterocycles. The van der Waals surface area contributed by atoms with E-state index in [0.29, 0.717) is 12.5 Å². The van der Waals surface area contributed by atoms with Crippen LogP contribution in [0.4, 0.5) is 0 Å². The van der Waals surface area contributed by atoms with Gasteiger partial charge in [-0.3, -0.25) is 4.79 Å². The molecule has 1 rings (SSSR count). The molecule has 0 bridgehead atoms. The number of nitrogens with two attached hydrogens (primary N) is 1. The van der Waals surface area contributed by atoms with Crippen molar-refractivity contribution in [3.63, 3.8) is 0 Å². The Morgan fingerprint density at radius 3 is 2.33 bits per heavy atom. The summed E-state index contributed by atoms with van der Waals surface area (Å²) in [7, 11) is 0. The van der Waals surface area contributed by atoms with Crippen LogP contribution in [-0.2, 0) is 4.79 Å². The predicted molar refractivity (Wildman–Crippen MR) is 76.3 cm³/mol. The molecule has 0 atom stereocenters. The highest BCUT2D eigenvalue weighted by Gasteiger charge is 2.39. The summed E-state index contributed by atoms with van der Waals surface area (Å²) in [4.78, 5) is 14.8. The van der Waals surface area contributed by atoms with Crippen LogP contribution in [0.25, 0.3) is 0 Å². The first-order chi connectivity index (χ1) is 8.34. The molecule has 0 aliphatic heterocycles. The number of amides is 1. The van der Waals surface area contributed by atoms with Gasteiger partial charge in [0.1, 0.15) is 0 Å². The van der Waals surface area contributed by atoms with Crippen LogP contribution < -0.4 is 5.73 Å². The summed E-state index contributed by atoms with van der Waals surface area (Å²) in [6, 6.07) is 0. The average molecular weight is 254 g/mol. The van der Waals surface area contributed by atoms with Crippen LogP contribution in [0.3, 0.4) is 0 Å². The maximum atomic E-state index is 12.7. The molecule has 18 heavy (non-hydrogen) atoms. The van der Waals surface area contributed by atoms with Gasteiger partial charge < -0.3 is 10.6 Å². The van der Waals surface area contributed by atoms with E-state index in [1.165, 1.54) is 12.8 Å². The second kappa shape index (κ2) is 6.05. The van der Waals surface area contributed by atoms with Crippen molar-refractivity contribution in [3.05, 3.63) is 0 Å². The third-order valence-electron chi connectivity index (χ3n) is 4.18. The Bertz CT molecular complexity index is 280. The molecular formula is C15H30N2O. The highest BCUT2D eigenvalue weighted by molar-refractivity contribution is 5.82. The number of carbonyl (C=O) groups excluding carboxylic acids is 1. The van der Waals surface area contributed by atoms with Gasteiger partial charge in [-0.05, 0) is 31.2 Å². The van der Waals surface area contributed by atoms with Crippen molar-refractivity contribution in [1.82, 2.24) is 4.90 Å². The lowest BCUT2D eigenvalue weighted by atomic mass is 9.85. The monoisotopic (exact) mass is 254 g/mol. The Kier molecular flexibility index (Phi) is 5.20. The zero-order chi connectivity index (χ0) is 13.8. The second-order valence-electron chi connectivity index (χ2n) is 6.86. The Morgan fingerprint density at radius 1 is 1.33 bits per heavy atom. The number of nitrogens with zero attached hydrogens (tertiary/aromatic N) is 1. The lowest BCUT2D eigenvalue weighted by Gasteiger charge is -2.36. The van der Waals surface area contributed by atoms with Crippen LogP contribution in [0.2, 0.25) is 0 Å². The van der Waals surface area contributed by atoms with E-state index in [0.717, 1.165) is 32.4 Å². The third kappa shape index (κ3) is 3.71. The zero-order valence-corrected chi connectivity index (χ0v) is 12.6. The summed E-state index contributed by atoms with van der Waals surface area (Å²) in [6.07, 6.45) is 5.51. The van der Waals surface area contributed by atoms with Gasteiger partial charge in [0.05, 0.1) is 0 Å². The topological polar surface area (TPSA) is 46.3 Å². The molecular weight excluding hydrogens is 224 g/mol. The molecule has 1 saturated carbocycles.